The lowest BCUT2D eigenvalue weighted by Crippen LogP contribution is -2.41. The number of rotatable bonds is 7. The summed E-state index contributed by atoms with van der Waals surface area (Å²) in [5.74, 6) is 1.69. The van der Waals surface area contributed by atoms with Crippen LogP contribution in [0.25, 0.3) is 0 Å². The Hall–Kier alpha value is -3.35. The zero-order chi connectivity index (χ0) is 21.6. The molecule has 1 atom stereocenters. The molecule has 2 heterocycles. The van der Waals surface area contributed by atoms with Crippen LogP contribution in [0.2, 0.25) is 0 Å². The highest BCUT2D eigenvalue weighted by molar-refractivity contribution is 5.78. The van der Waals surface area contributed by atoms with E-state index in [1.807, 2.05) is 24.3 Å². The summed E-state index contributed by atoms with van der Waals surface area (Å²) in [5, 5.41) is 0. The van der Waals surface area contributed by atoms with E-state index in [0.29, 0.717) is 25.4 Å². The maximum absolute atomic E-state index is 13.7. The number of methoxy groups -OCH3 is 1. The molecular weight excluding hydrogens is 399 g/mol. The summed E-state index contributed by atoms with van der Waals surface area (Å²) in [6.45, 7) is 0.965. The van der Waals surface area contributed by atoms with Crippen LogP contribution in [0.4, 0.5) is 4.39 Å². The van der Waals surface area contributed by atoms with Crippen molar-refractivity contribution >= 4 is 5.91 Å². The molecule has 0 aliphatic carbocycles. The normalized spacial score (nSPS) is 16.2. The highest BCUT2D eigenvalue weighted by atomic mass is 19.1. The molecule has 0 spiro atoms. The third-order valence-corrected chi connectivity index (χ3v) is 5.40. The number of likely N-dealkylation sites (tertiary alicyclic amines) is 1. The van der Waals surface area contributed by atoms with Crippen LogP contribution >= 0.6 is 0 Å². The van der Waals surface area contributed by atoms with Crippen LogP contribution in [0.15, 0.2) is 59.1 Å². The van der Waals surface area contributed by atoms with Crippen molar-refractivity contribution in [3.05, 3.63) is 77.8 Å². The van der Waals surface area contributed by atoms with Crippen LogP contribution in [0.5, 0.6) is 11.5 Å². The van der Waals surface area contributed by atoms with Crippen LogP contribution in [0.3, 0.4) is 0 Å². The van der Waals surface area contributed by atoms with Gasteiger partial charge in [0.2, 0.25) is 0 Å². The summed E-state index contributed by atoms with van der Waals surface area (Å²) >= 11 is 0. The Labute approximate surface area is 180 Å². The Balaban J connectivity index is 1.35. The lowest BCUT2D eigenvalue weighted by atomic mass is 9.98. The van der Waals surface area contributed by atoms with E-state index in [0.717, 1.165) is 29.9 Å². The van der Waals surface area contributed by atoms with E-state index in [2.05, 4.69) is 4.98 Å². The number of aromatic nitrogens is 1. The number of benzene rings is 2. The van der Waals surface area contributed by atoms with Gasteiger partial charge in [0.05, 0.1) is 19.2 Å². The van der Waals surface area contributed by atoms with E-state index in [-0.39, 0.29) is 24.2 Å². The summed E-state index contributed by atoms with van der Waals surface area (Å²) in [6.07, 6.45) is 4.12. The molecule has 0 saturated carbocycles. The number of hydrogen-bond donors (Lipinski definition) is 0. The third-order valence-electron chi connectivity index (χ3n) is 5.40. The van der Waals surface area contributed by atoms with Crippen molar-refractivity contribution in [3.8, 4) is 11.5 Å². The van der Waals surface area contributed by atoms with Gasteiger partial charge in [0, 0.05) is 19.5 Å². The van der Waals surface area contributed by atoms with E-state index >= 15 is 0 Å². The summed E-state index contributed by atoms with van der Waals surface area (Å²) in [7, 11) is 1.64. The number of hydrogen-bond acceptors (Lipinski definition) is 5. The van der Waals surface area contributed by atoms with Gasteiger partial charge >= 0.3 is 0 Å². The molecule has 0 N–H and O–H groups in total. The lowest BCUT2D eigenvalue weighted by Gasteiger charge is -2.31. The molecule has 1 unspecified atom stereocenters. The highest BCUT2D eigenvalue weighted by Crippen LogP contribution is 2.28. The molecule has 3 aromatic rings. The molecule has 0 bridgehead atoms. The minimum atomic E-state index is -0.477. The Kier molecular flexibility index (Phi) is 6.50. The van der Waals surface area contributed by atoms with Crippen LogP contribution in [-0.2, 0) is 11.2 Å². The Morgan fingerprint density at radius 1 is 1.26 bits per heavy atom. The highest BCUT2D eigenvalue weighted by Gasteiger charge is 2.28. The first-order valence-electron chi connectivity index (χ1n) is 10.3. The van der Waals surface area contributed by atoms with Crippen LogP contribution < -0.4 is 9.47 Å². The van der Waals surface area contributed by atoms with E-state index in [9.17, 15) is 9.18 Å². The Morgan fingerprint density at radius 3 is 2.97 bits per heavy atom. The molecule has 1 amide bonds. The summed E-state index contributed by atoms with van der Waals surface area (Å²) in [4.78, 5) is 18.8. The fourth-order valence-electron chi connectivity index (χ4n) is 3.77. The maximum Gasteiger partial charge on any atom is 0.260 e. The van der Waals surface area contributed by atoms with E-state index < -0.39 is 5.82 Å². The molecule has 4 rings (SSSR count). The van der Waals surface area contributed by atoms with Crippen molar-refractivity contribution in [2.45, 2.75) is 25.2 Å². The number of carbonyl (C=O) groups is 1. The first-order valence-corrected chi connectivity index (χ1v) is 10.3. The second-order valence-electron chi connectivity index (χ2n) is 7.59. The summed E-state index contributed by atoms with van der Waals surface area (Å²) in [6, 6.07) is 13.9. The molecule has 6 nitrogen and oxygen atoms in total. The number of nitrogens with zero attached hydrogens (tertiary/aromatic N) is 2. The molecule has 1 aliphatic heterocycles. The van der Waals surface area contributed by atoms with Gasteiger partial charge in [0.25, 0.3) is 5.91 Å². The van der Waals surface area contributed by atoms with Crippen LogP contribution in [0, 0.1) is 5.82 Å². The molecule has 1 aliphatic rings. The van der Waals surface area contributed by atoms with Crippen molar-refractivity contribution in [3.63, 3.8) is 0 Å². The van der Waals surface area contributed by atoms with Gasteiger partial charge in [-0.25, -0.2) is 9.37 Å². The zero-order valence-corrected chi connectivity index (χ0v) is 17.4. The molecule has 2 aromatic carbocycles. The molecule has 31 heavy (non-hydrogen) atoms. The summed E-state index contributed by atoms with van der Waals surface area (Å²) < 4.78 is 30.3. The van der Waals surface area contributed by atoms with Gasteiger partial charge in [-0.3, -0.25) is 4.79 Å². The number of halogens is 1. The molecule has 1 aromatic heterocycles. The second kappa shape index (κ2) is 9.64. The van der Waals surface area contributed by atoms with Crippen LogP contribution in [0.1, 0.15) is 36.0 Å². The maximum atomic E-state index is 13.7. The van der Waals surface area contributed by atoms with Gasteiger partial charge in [0.15, 0.2) is 24.1 Å². The summed E-state index contributed by atoms with van der Waals surface area (Å²) in [5.41, 5.74) is 1.08. The van der Waals surface area contributed by atoms with Gasteiger partial charge in [-0.1, -0.05) is 24.3 Å². The lowest BCUT2D eigenvalue weighted by molar-refractivity contribution is -0.134. The van der Waals surface area contributed by atoms with Crippen molar-refractivity contribution in [1.29, 1.82) is 0 Å². The van der Waals surface area contributed by atoms with E-state index in [4.69, 9.17) is 13.9 Å². The monoisotopic (exact) mass is 424 g/mol. The van der Waals surface area contributed by atoms with Crippen molar-refractivity contribution in [2.24, 2.45) is 0 Å². The largest absolute Gasteiger partial charge is 0.497 e. The van der Waals surface area contributed by atoms with Gasteiger partial charge in [-0.05, 0) is 42.7 Å². The van der Waals surface area contributed by atoms with Gasteiger partial charge in [-0.2, -0.15) is 0 Å². The van der Waals surface area contributed by atoms with E-state index in [1.165, 1.54) is 12.1 Å². The van der Waals surface area contributed by atoms with Gasteiger partial charge < -0.3 is 18.8 Å². The SMILES string of the molecule is COc1cccc(Cc2cnc(C3CCCN(C(=O)COc4ccccc4F)C3)o2)c1. The van der Waals surface area contributed by atoms with Crippen LogP contribution in [-0.4, -0.2) is 42.6 Å². The minimum Gasteiger partial charge on any atom is -0.497 e. The fourth-order valence-corrected chi connectivity index (χ4v) is 3.77. The number of oxazole rings is 1. The standard InChI is InChI=1S/C24H25FN2O4/c1-29-19-8-4-6-17(12-19)13-20-14-26-24(31-20)18-7-5-11-27(15-18)23(28)16-30-22-10-3-2-9-21(22)25/h2-4,6,8-10,12,14,18H,5,7,11,13,15-16H2,1H3. The van der Waals surface area contributed by atoms with Gasteiger partial charge in [0.1, 0.15) is 11.5 Å². The zero-order valence-electron chi connectivity index (χ0n) is 17.4. The second-order valence-corrected chi connectivity index (χ2v) is 7.59. The quantitative estimate of drug-likeness (QED) is 0.569. The molecular formula is C24H25FN2O4. The van der Waals surface area contributed by atoms with Gasteiger partial charge in [-0.15, -0.1) is 0 Å². The molecule has 7 heteroatoms. The Bertz CT molecular complexity index is 1040. The average Bonchev–Trinajstić information content (AvgIpc) is 3.27. The number of amides is 1. The topological polar surface area (TPSA) is 64.8 Å². The number of ether oxygens (including phenoxy) is 2. The molecule has 1 saturated heterocycles. The third kappa shape index (κ3) is 5.23. The van der Waals surface area contributed by atoms with E-state index in [1.54, 1.807) is 30.3 Å². The predicted octanol–water partition coefficient (Wildman–Crippen LogP) is 4.20. The molecule has 0 radical (unpaired) electrons. The Morgan fingerprint density at radius 2 is 2.13 bits per heavy atom. The molecule has 162 valence electrons. The average molecular weight is 424 g/mol. The number of piperidine rings is 1. The first kappa shape index (κ1) is 20.9. The smallest absolute Gasteiger partial charge is 0.260 e. The van der Waals surface area contributed by atoms with Crippen molar-refractivity contribution in [2.75, 3.05) is 26.8 Å². The number of carbonyl (C=O) groups excluding carboxylic acids is 1. The molecule has 1 fully saturated rings. The number of para-hydroxylation sites is 1. The minimum absolute atomic E-state index is 0.0326. The first-order chi connectivity index (χ1) is 15.1. The van der Waals surface area contributed by atoms with Crippen molar-refractivity contribution < 1.29 is 23.1 Å². The van der Waals surface area contributed by atoms with Crippen molar-refractivity contribution in [1.82, 2.24) is 9.88 Å². The predicted molar refractivity (Wildman–Crippen MR) is 113 cm³/mol. The fraction of sp³-hybridized carbons (Fsp3) is 0.333.